The van der Waals surface area contributed by atoms with E-state index in [0.717, 1.165) is 5.56 Å². The van der Waals surface area contributed by atoms with Crippen molar-refractivity contribution in [2.24, 2.45) is 0 Å². The van der Waals surface area contributed by atoms with Crippen molar-refractivity contribution in [1.29, 1.82) is 0 Å². The fourth-order valence-electron chi connectivity index (χ4n) is 2.50. The predicted octanol–water partition coefficient (Wildman–Crippen LogP) is 3.66. The van der Waals surface area contributed by atoms with Crippen molar-refractivity contribution in [3.05, 3.63) is 65.4 Å². The maximum atomic E-state index is 12.8. The standard InChI is InChI=1S/C19H18N2O2S/c1-3-23-17-7-5-4-6-16(17)21-18(22)15(20-19(21)24)12-14-10-8-13(2)9-11-14/h4-12H,3H2,1-2H3,(H,20,24)/b15-12+. The fraction of sp³-hybridized carbons (Fsp3) is 0.158. The number of amides is 1. The second kappa shape index (κ2) is 6.84. The number of thiocarbonyl (C=S) groups is 1. The lowest BCUT2D eigenvalue weighted by Crippen LogP contribution is -2.30. The zero-order valence-corrected chi connectivity index (χ0v) is 14.4. The maximum Gasteiger partial charge on any atom is 0.281 e. The number of nitrogens with zero attached hydrogens (tertiary/aromatic N) is 1. The molecule has 0 radical (unpaired) electrons. The Kier molecular flexibility index (Phi) is 4.62. The first-order chi connectivity index (χ1) is 11.6. The van der Waals surface area contributed by atoms with Crippen LogP contribution in [0.5, 0.6) is 5.75 Å². The van der Waals surface area contributed by atoms with Crippen LogP contribution in [0.25, 0.3) is 6.08 Å². The predicted molar refractivity (Wildman–Crippen MR) is 100.0 cm³/mol. The molecule has 0 unspecified atom stereocenters. The zero-order chi connectivity index (χ0) is 17.1. The fourth-order valence-corrected chi connectivity index (χ4v) is 2.79. The summed E-state index contributed by atoms with van der Waals surface area (Å²) in [5.41, 5.74) is 3.22. The van der Waals surface area contributed by atoms with Gasteiger partial charge in [0, 0.05) is 0 Å². The quantitative estimate of drug-likeness (QED) is 0.682. The number of hydrogen-bond donors (Lipinski definition) is 1. The minimum atomic E-state index is -0.187. The van der Waals surface area contributed by atoms with Gasteiger partial charge in [-0.2, -0.15) is 0 Å². The number of para-hydroxylation sites is 2. The molecule has 1 heterocycles. The molecule has 1 aliphatic rings. The largest absolute Gasteiger partial charge is 0.492 e. The molecule has 0 bridgehead atoms. The van der Waals surface area contributed by atoms with Crippen molar-refractivity contribution in [2.75, 3.05) is 11.5 Å². The van der Waals surface area contributed by atoms with Crippen LogP contribution in [0.3, 0.4) is 0 Å². The van der Waals surface area contributed by atoms with Crippen LogP contribution in [0.4, 0.5) is 5.69 Å². The molecule has 2 aromatic rings. The zero-order valence-electron chi connectivity index (χ0n) is 13.6. The molecule has 3 rings (SSSR count). The van der Waals surface area contributed by atoms with Crippen LogP contribution < -0.4 is 15.0 Å². The van der Waals surface area contributed by atoms with Gasteiger partial charge in [0.2, 0.25) is 0 Å². The number of benzene rings is 2. The van der Waals surface area contributed by atoms with Crippen molar-refractivity contribution >= 4 is 35.0 Å². The molecule has 0 saturated carbocycles. The van der Waals surface area contributed by atoms with Crippen LogP contribution in [0.1, 0.15) is 18.1 Å². The smallest absolute Gasteiger partial charge is 0.281 e. The van der Waals surface area contributed by atoms with Crippen LogP contribution in [-0.2, 0) is 4.79 Å². The molecular weight excluding hydrogens is 320 g/mol. The first-order valence-electron chi connectivity index (χ1n) is 7.76. The lowest BCUT2D eigenvalue weighted by Gasteiger charge is -2.17. The van der Waals surface area contributed by atoms with E-state index in [0.29, 0.717) is 28.9 Å². The van der Waals surface area contributed by atoms with E-state index in [1.165, 1.54) is 10.5 Å². The van der Waals surface area contributed by atoms with E-state index < -0.39 is 0 Å². The number of carbonyl (C=O) groups is 1. The summed E-state index contributed by atoms with van der Waals surface area (Å²) in [5.74, 6) is 0.446. The van der Waals surface area contributed by atoms with E-state index in [-0.39, 0.29) is 5.91 Å². The van der Waals surface area contributed by atoms with Gasteiger partial charge in [0.25, 0.3) is 5.91 Å². The highest BCUT2D eigenvalue weighted by Gasteiger charge is 2.33. The highest BCUT2D eigenvalue weighted by atomic mass is 32.1. The van der Waals surface area contributed by atoms with Crippen molar-refractivity contribution < 1.29 is 9.53 Å². The van der Waals surface area contributed by atoms with Gasteiger partial charge in [-0.05, 0) is 49.8 Å². The number of rotatable bonds is 4. The lowest BCUT2D eigenvalue weighted by atomic mass is 10.1. The minimum Gasteiger partial charge on any atom is -0.492 e. The van der Waals surface area contributed by atoms with Crippen molar-refractivity contribution in [3.63, 3.8) is 0 Å². The summed E-state index contributed by atoms with van der Waals surface area (Å²) >= 11 is 5.36. The van der Waals surface area contributed by atoms with Crippen molar-refractivity contribution in [2.45, 2.75) is 13.8 Å². The summed E-state index contributed by atoms with van der Waals surface area (Å²) in [5, 5.41) is 3.35. The maximum absolute atomic E-state index is 12.8. The van der Waals surface area contributed by atoms with Gasteiger partial charge < -0.3 is 10.1 Å². The summed E-state index contributed by atoms with van der Waals surface area (Å²) in [6.07, 6.45) is 1.80. The SMILES string of the molecule is CCOc1ccccc1N1C(=O)/C(=C\c2ccc(C)cc2)NC1=S. The number of nitrogens with one attached hydrogen (secondary N) is 1. The molecule has 0 atom stereocenters. The van der Waals surface area contributed by atoms with E-state index >= 15 is 0 Å². The van der Waals surface area contributed by atoms with Gasteiger partial charge in [-0.3, -0.25) is 4.79 Å². The average Bonchev–Trinajstić information content (AvgIpc) is 2.85. The van der Waals surface area contributed by atoms with E-state index in [2.05, 4.69) is 5.32 Å². The van der Waals surface area contributed by atoms with Gasteiger partial charge in [-0.15, -0.1) is 0 Å². The average molecular weight is 338 g/mol. The molecule has 1 N–H and O–H groups in total. The molecule has 0 spiro atoms. The summed E-state index contributed by atoms with van der Waals surface area (Å²) < 4.78 is 5.61. The number of aryl methyl sites for hydroxylation is 1. The van der Waals surface area contributed by atoms with Crippen LogP contribution >= 0.6 is 12.2 Å². The van der Waals surface area contributed by atoms with Crippen LogP contribution in [0, 0.1) is 6.92 Å². The Labute approximate surface area is 146 Å². The third-order valence-electron chi connectivity index (χ3n) is 3.67. The molecule has 1 fully saturated rings. The Morgan fingerprint density at radius 1 is 1.17 bits per heavy atom. The Balaban J connectivity index is 1.94. The van der Waals surface area contributed by atoms with Crippen LogP contribution in [0.2, 0.25) is 0 Å². The molecule has 4 nitrogen and oxygen atoms in total. The lowest BCUT2D eigenvalue weighted by molar-refractivity contribution is -0.113. The molecule has 0 aliphatic carbocycles. The third-order valence-corrected chi connectivity index (χ3v) is 3.96. The molecule has 1 amide bonds. The van der Waals surface area contributed by atoms with E-state index in [1.54, 1.807) is 6.08 Å². The highest BCUT2D eigenvalue weighted by Crippen LogP contribution is 2.31. The first kappa shape index (κ1) is 16.2. The van der Waals surface area contributed by atoms with E-state index in [1.807, 2.05) is 62.4 Å². The second-order valence-corrected chi connectivity index (χ2v) is 5.83. The second-order valence-electron chi connectivity index (χ2n) is 5.44. The monoisotopic (exact) mass is 338 g/mol. The first-order valence-corrected chi connectivity index (χ1v) is 8.16. The molecule has 1 aliphatic heterocycles. The Morgan fingerprint density at radius 3 is 2.58 bits per heavy atom. The third kappa shape index (κ3) is 3.16. The number of anilines is 1. The van der Waals surface area contributed by atoms with Crippen LogP contribution in [0.15, 0.2) is 54.2 Å². The van der Waals surface area contributed by atoms with E-state index in [9.17, 15) is 4.79 Å². The van der Waals surface area contributed by atoms with Crippen molar-refractivity contribution in [3.8, 4) is 5.75 Å². The Hall–Kier alpha value is -2.66. The molecule has 0 aromatic heterocycles. The number of ether oxygens (including phenoxy) is 1. The molecule has 5 heteroatoms. The van der Waals surface area contributed by atoms with Gasteiger partial charge in [-0.1, -0.05) is 42.0 Å². The Morgan fingerprint density at radius 2 is 1.88 bits per heavy atom. The van der Waals surface area contributed by atoms with Gasteiger partial charge >= 0.3 is 0 Å². The number of hydrogen-bond acceptors (Lipinski definition) is 3. The van der Waals surface area contributed by atoms with Gasteiger partial charge in [0.15, 0.2) is 5.11 Å². The minimum absolute atomic E-state index is 0.187. The topological polar surface area (TPSA) is 41.6 Å². The Bertz CT molecular complexity index is 812. The molecule has 122 valence electrons. The van der Waals surface area contributed by atoms with Gasteiger partial charge in [0.05, 0.1) is 12.3 Å². The summed E-state index contributed by atoms with van der Waals surface area (Å²) in [6.45, 7) is 4.45. The van der Waals surface area contributed by atoms with Gasteiger partial charge in [0.1, 0.15) is 11.4 Å². The molecule has 24 heavy (non-hydrogen) atoms. The summed E-state index contributed by atoms with van der Waals surface area (Å²) in [7, 11) is 0. The summed E-state index contributed by atoms with van der Waals surface area (Å²) in [4.78, 5) is 14.3. The molecule has 2 aromatic carbocycles. The van der Waals surface area contributed by atoms with Crippen LogP contribution in [-0.4, -0.2) is 17.6 Å². The number of carbonyl (C=O) groups excluding carboxylic acids is 1. The molecular formula is C19H18N2O2S. The molecule has 1 saturated heterocycles. The highest BCUT2D eigenvalue weighted by molar-refractivity contribution is 7.80. The normalized spacial score (nSPS) is 15.8. The van der Waals surface area contributed by atoms with Gasteiger partial charge in [-0.25, -0.2) is 4.90 Å². The van der Waals surface area contributed by atoms with Crippen molar-refractivity contribution in [1.82, 2.24) is 5.32 Å². The summed E-state index contributed by atoms with van der Waals surface area (Å²) in [6, 6.07) is 15.3. The van der Waals surface area contributed by atoms with E-state index in [4.69, 9.17) is 17.0 Å².